The summed E-state index contributed by atoms with van der Waals surface area (Å²) in [6.45, 7) is 2.59. The number of carboxylic acids is 1. The number of hydrogen-bond donors (Lipinski definition) is 3. The van der Waals surface area contributed by atoms with Gasteiger partial charge in [0, 0.05) is 50.5 Å². The molecule has 1 aromatic heterocycles. The van der Waals surface area contributed by atoms with E-state index in [9.17, 15) is 18.8 Å². The molecule has 9 nitrogen and oxygen atoms in total. The third-order valence-electron chi connectivity index (χ3n) is 6.01. The van der Waals surface area contributed by atoms with Crippen LogP contribution in [0.4, 0.5) is 14.9 Å². The number of anilines is 1. The molecule has 0 spiro atoms. The standard InChI is InChI=1S/C23H26FN5O4.Na.H/c24-19-13-15(4-5-20(19)27-23(33)26-17-2-1-3-17)21(30)29-10-8-28(9-11-29)14-18-12-16(22(31)32)6-7-25-18;;/h4-7,12-13,17H,1-3,8-11,14H2,(H,31,32)(H2,26,27,33);;. The second kappa shape index (κ2) is 11.7. The molecular weight excluding hydrogens is 452 g/mol. The maximum atomic E-state index is 14.5. The summed E-state index contributed by atoms with van der Waals surface area (Å²) < 4.78 is 14.5. The number of rotatable bonds is 6. The normalized spacial score (nSPS) is 16.2. The molecule has 11 heteroatoms. The Labute approximate surface area is 219 Å². The summed E-state index contributed by atoms with van der Waals surface area (Å²) in [4.78, 5) is 43.9. The van der Waals surface area contributed by atoms with Gasteiger partial charge in [0.1, 0.15) is 5.82 Å². The van der Waals surface area contributed by atoms with E-state index in [1.54, 1.807) is 11.0 Å². The molecular formula is C23H27FN5NaO4. The third-order valence-corrected chi connectivity index (χ3v) is 6.01. The van der Waals surface area contributed by atoms with Gasteiger partial charge in [0.2, 0.25) is 0 Å². The first kappa shape index (κ1) is 26.1. The van der Waals surface area contributed by atoms with Crippen molar-refractivity contribution in [3.05, 3.63) is 59.2 Å². The maximum absolute atomic E-state index is 14.5. The SMILES string of the molecule is O=C(Nc1ccc(C(=O)N2CCN(Cc3cc(C(=O)O)ccn3)CC2)cc1F)NC1CCC1.[NaH]. The van der Waals surface area contributed by atoms with Crippen molar-refractivity contribution in [2.45, 2.75) is 31.8 Å². The number of carboxylic acid groups (broad SMARTS) is 1. The van der Waals surface area contributed by atoms with E-state index in [1.165, 1.54) is 24.4 Å². The van der Waals surface area contributed by atoms with Gasteiger partial charge in [-0.15, -0.1) is 0 Å². The molecule has 34 heavy (non-hydrogen) atoms. The molecule has 2 fully saturated rings. The van der Waals surface area contributed by atoms with Crippen LogP contribution < -0.4 is 10.6 Å². The molecule has 2 aromatic rings. The van der Waals surface area contributed by atoms with Gasteiger partial charge in [-0.3, -0.25) is 14.7 Å². The van der Waals surface area contributed by atoms with E-state index in [0.29, 0.717) is 38.4 Å². The molecule has 1 saturated carbocycles. The van der Waals surface area contributed by atoms with Crippen molar-refractivity contribution in [1.82, 2.24) is 20.1 Å². The molecule has 3 N–H and O–H groups in total. The number of aromatic carboxylic acids is 1. The van der Waals surface area contributed by atoms with Crippen molar-refractivity contribution in [3.63, 3.8) is 0 Å². The third kappa shape index (κ3) is 6.53. The topological polar surface area (TPSA) is 115 Å². The van der Waals surface area contributed by atoms with Crippen LogP contribution in [0.25, 0.3) is 0 Å². The van der Waals surface area contributed by atoms with Gasteiger partial charge < -0.3 is 20.6 Å². The Balaban J connectivity index is 0.00000324. The van der Waals surface area contributed by atoms with E-state index in [1.807, 2.05) is 0 Å². The van der Waals surface area contributed by atoms with Gasteiger partial charge in [-0.05, 0) is 49.6 Å². The quantitative estimate of drug-likeness (QED) is 0.546. The fourth-order valence-corrected chi connectivity index (χ4v) is 3.86. The van der Waals surface area contributed by atoms with Crippen LogP contribution in [-0.2, 0) is 6.54 Å². The van der Waals surface area contributed by atoms with Crippen LogP contribution in [0.15, 0.2) is 36.5 Å². The number of aromatic nitrogens is 1. The predicted molar refractivity (Wildman–Crippen MR) is 126 cm³/mol. The number of halogens is 1. The van der Waals surface area contributed by atoms with E-state index in [-0.39, 0.29) is 58.3 Å². The summed E-state index contributed by atoms with van der Waals surface area (Å²) in [7, 11) is 0. The Kier molecular flexibility index (Phi) is 9.01. The van der Waals surface area contributed by atoms with E-state index in [4.69, 9.17) is 5.11 Å². The number of urea groups is 1. The molecule has 2 heterocycles. The van der Waals surface area contributed by atoms with E-state index >= 15 is 0 Å². The van der Waals surface area contributed by atoms with Gasteiger partial charge in [0.05, 0.1) is 16.9 Å². The van der Waals surface area contributed by atoms with Gasteiger partial charge in [-0.25, -0.2) is 14.0 Å². The molecule has 4 rings (SSSR count). The van der Waals surface area contributed by atoms with Crippen LogP contribution >= 0.6 is 0 Å². The second-order valence-electron chi connectivity index (χ2n) is 8.33. The zero-order valence-corrected chi connectivity index (χ0v) is 18.1. The summed E-state index contributed by atoms with van der Waals surface area (Å²) in [5, 5.41) is 14.4. The Morgan fingerprint density at radius 2 is 1.79 bits per heavy atom. The van der Waals surface area contributed by atoms with Crippen molar-refractivity contribution in [1.29, 1.82) is 0 Å². The molecule has 1 aliphatic heterocycles. The van der Waals surface area contributed by atoms with Gasteiger partial charge in [-0.1, -0.05) is 0 Å². The van der Waals surface area contributed by atoms with Crippen molar-refractivity contribution in [3.8, 4) is 0 Å². The molecule has 0 unspecified atom stereocenters. The molecule has 0 radical (unpaired) electrons. The van der Waals surface area contributed by atoms with Gasteiger partial charge in [0.25, 0.3) is 5.91 Å². The van der Waals surface area contributed by atoms with Crippen LogP contribution in [0, 0.1) is 5.82 Å². The van der Waals surface area contributed by atoms with Gasteiger partial charge >= 0.3 is 41.6 Å². The summed E-state index contributed by atoms with van der Waals surface area (Å²) in [5.41, 5.74) is 1.10. The Hall–Kier alpha value is -2.53. The second-order valence-corrected chi connectivity index (χ2v) is 8.33. The minimum absolute atomic E-state index is 0. The molecule has 0 atom stereocenters. The summed E-state index contributed by atoms with van der Waals surface area (Å²) >= 11 is 0. The average molecular weight is 479 g/mol. The number of benzene rings is 1. The molecule has 1 aliphatic carbocycles. The average Bonchev–Trinajstić information content (AvgIpc) is 2.78. The number of nitrogens with zero attached hydrogens (tertiary/aromatic N) is 3. The predicted octanol–water partition coefficient (Wildman–Crippen LogP) is 1.90. The Bertz CT molecular complexity index is 1060. The molecule has 3 amide bonds. The van der Waals surface area contributed by atoms with Gasteiger partial charge in [0.15, 0.2) is 0 Å². The van der Waals surface area contributed by atoms with Crippen LogP contribution in [-0.4, -0.2) is 99.6 Å². The fourth-order valence-electron chi connectivity index (χ4n) is 3.86. The van der Waals surface area contributed by atoms with E-state index in [2.05, 4.69) is 20.5 Å². The number of carbonyl (C=O) groups is 3. The molecule has 1 saturated heterocycles. The van der Waals surface area contributed by atoms with Gasteiger partial charge in [-0.2, -0.15) is 0 Å². The van der Waals surface area contributed by atoms with Crippen molar-refractivity contribution in [2.24, 2.45) is 0 Å². The first-order chi connectivity index (χ1) is 15.9. The van der Waals surface area contributed by atoms with Crippen LogP contribution in [0.3, 0.4) is 0 Å². The summed E-state index contributed by atoms with van der Waals surface area (Å²) in [6, 6.07) is 6.75. The molecule has 0 bridgehead atoms. The number of carbonyl (C=O) groups excluding carboxylic acids is 2. The zero-order valence-electron chi connectivity index (χ0n) is 18.1. The monoisotopic (exact) mass is 479 g/mol. The molecule has 176 valence electrons. The summed E-state index contributed by atoms with van der Waals surface area (Å²) in [5.74, 6) is -1.93. The number of hydrogen-bond acceptors (Lipinski definition) is 5. The van der Waals surface area contributed by atoms with Crippen LogP contribution in [0.1, 0.15) is 45.7 Å². The first-order valence-electron chi connectivity index (χ1n) is 11.0. The number of nitrogens with one attached hydrogen (secondary N) is 2. The molecule has 2 aliphatic rings. The van der Waals surface area contributed by atoms with E-state index < -0.39 is 17.8 Å². The number of amides is 3. The first-order valence-corrected chi connectivity index (χ1v) is 11.0. The van der Waals surface area contributed by atoms with Crippen molar-refractivity contribution < 1.29 is 23.9 Å². The summed E-state index contributed by atoms with van der Waals surface area (Å²) in [6.07, 6.45) is 4.42. The fraction of sp³-hybridized carbons (Fsp3) is 0.391. The zero-order chi connectivity index (χ0) is 23.4. The van der Waals surface area contributed by atoms with Crippen molar-refractivity contribution >= 4 is 53.2 Å². The Morgan fingerprint density at radius 1 is 1.06 bits per heavy atom. The van der Waals surface area contributed by atoms with E-state index in [0.717, 1.165) is 25.3 Å². The number of piperazine rings is 1. The van der Waals surface area contributed by atoms with Crippen LogP contribution in [0.5, 0.6) is 0 Å². The number of pyridine rings is 1. The van der Waals surface area contributed by atoms with Crippen LogP contribution in [0.2, 0.25) is 0 Å². The van der Waals surface area contributed by atoms with Crippen molar-refractivity contribution in [2.75, 3.05) is 31.5 Å². The Morgan fingerprint density at radius 3 is 2.41 bits per heavy atom. The molecule has 1 aromatic carbocycles. The minimum atomic E-state index is -0.999.